The van der Waals surface area contributed by atoms with Crippen molar-refractivity contribution >= 4 is 22.9 Å². The molecule has 0 atom stereocenters. The molecular formula is C14H22ClNS. The van der Waals surface area contributed by atoms with E-state index in [4.69, 9.17) is 11.6 Å². The molecule has 1 heterocycles. The molecule has 1 aliphatic rings. The summed E-state index contributed by atoms with van der Waals surface area (Å²) in [5.74, 6) is 1.88. The summed E-state index contributed by atoms with van der Waals surface area (Å²) in [6.45, 7) is 4.41. The minimum absolute atomic E-state index is 0.886. The van der Waals surface area contributed by atoms with Crippen LogP contribution in [0, 0.1) is 11.8 Å². The largest absolute Gasteiger partial charge is 0.312 e. The minimum Gasteiger partial charge on any atom is -0.312 e. The Balaban J connectivity index is 1.65. The highest BCUT2D eigenvalue weighted by Gasteiger charge is 2.19. The lowest BCUT2D eigenvalue weighted by atomic mass is 9.81. The van der Waals surface area contributed by atoms with Gasteiger partial charge in [0.05, 0.1) is 5.02 Å². The Morgan fingerprint density at radius 1 is 1.29 bits per heavy atom. The van der Waals surface area contributed by atoms with Gasteiger partial charge >= 0.3 is 0 Å². The predicted molar refractivity (Wildman–Crippen MR) is 76.8 cm³/mol. The fourth-order valence-corrected chi connectivity index (χ4v) is 3.76. The topological polar surface area (TPSA) is 12.0 Å². The number of halogens is 1. The molecule has 96 valence electrons. The normalized spacial score (nSPS) is 25.1. The summed E-state index contributed by atoms with van der Waals surface area (Å²) in [6.07, 6.45) is 7.05. The molecule has 0 amide bonds. The lowest BCUT2D eigenvalue weighted by Gasteiger charge is -2.27. The molecule has 17 heavy (non-hydrogen) atoms. The third-order valence-electron chi connectivity index (χ3n) is 3.95. The summed E-state index contributed by atoms with van der Waals surface area (Å²) < 4.78 is 0. The van der Waals surface area contributed by atoms with Gasteiger partial charge in [0, 0.05) is 11.4 Å². The second kappa shape index (κ2) is 6.77. The first-order chi connectivity index (χ1) is 8.29. The fourth-order valence-electron chi connectivity index (χ4n) is 2.68. The molecule has 0 aliphatic heterocycles. The van der Waals surface area contributed by atoms with Crippen molar-refractivity contribution in [3.05, 3.63) is 21.3 Å². The minimum atomic E-state index is 0.886. The van der Waals surface area contributed by atoms with E-state index >= 15 is 0 Å². The first kappa shape index (κ1) is 13.4. The number of rotatable bonds is 5. The molecule has 0 saturated heterocycles. The van der Waals surface area contributed by atoms with E-state index in [0.717, 1.165) is 29.9 Å². The van der Waals surface area contributed by atoms with Crippen LogP contribution >= 0.6 is 22.9 Å². The summed E-state index contributed by atoms with van der Waals surface area (Å²) in [6, 6.07) is 1.98. The molecule has 1 aromatic heterocycles. The second-order valence-corrected chi connectivity index (χ2v) is 6.53. The first-order valence-corrected chi connectivity index (χ1v) is 7.98. The molecule has 1 aliphatic carbocycles. The van der Waals surface area contributed by atoms with Crippen LogP contribution in [-0.4, -0.2) is 6.54 Å². The molecule has 1 fully saturated rings. The van der Waals surface area contributed by atoms with E-state index in [-0.39, 0.29) is 0 Å². The van der Waals surface area contributed by atoms with Crippen molar-refractivity contribution in [3.8, 4) is 0 Å². The van der Waals surface area contributed by atoms with Crippen molar-refractivity contribution in [2.24, 2.45) is 11.8 Å². The standard InChI is InChI=1S/C14H22ClNS/c1-2-11-3-5-12(6-4-11)9-16-10-14-13(15)7-8-17-14/h7-8,11-12,16H,2-6,9-10H2,1H3. The predicted octanol–water partition coefficient (Wildman–Crippen LogP) is 4.71. The highest BCUT2D eigenvalue weighted by atomic mass is 35.5. The summed E-state index contributed by atoms with van der Waals surface area (Å²) in [7, 11) is 0. The zero-order chi connectivity index (χ0) is 12.1. The molecule has 0 bridgehead atoms. The van der Waals surface area contributed by atoms with Gasteiger partial charge in [0.1, 0.15) is 0 Å². The van der Waals surface area contributed by atoms with Gasteiger partial charge in [-0.1, -0.05) is 37.8 Å². The van der Waals surface area contributed by atoms with Gasteiger partial charge < -0.3 is 5.32 Å². The second-order valence-electron chi connectivity index (χ2n) is 5.12. The summed E-state index contributed by atoms with van der Waals surface area (Å²) >= 11 is 7.82. The van der Waals surface area contributed by atoms with Crippen LogP contribution in [0.15, 0.2) is 11.4 Å². The third-order valence-corrected chi connectivity index (χ3v) is 5.34. The number of thiophene rings is 1. The maximum Gasteiger partial charge on any atom is 0.0558 e. The molecule has 3 heteroatoms. The van der Waals surface area contributed by atoms with E-state index in [1.54, 1.807) is 11.3 Å². The molecule has 1 aromatic rings. The van der Waals surface area contributed by atoms with Crippen molar-refractivity contribution in [3.63, 3.8) is 0 Å². The molecule has 0 unspecified atom stereocenters. The van der Waals surface area contributed by atoms with Crippen LogP contribution < -0.4 is 5.32 Å². The highest BCUT2D eigenvalue weighted by Crippen LogP contribution is 2.30. The Morgan fingerprint density at radius 2 is 2.00 bits per heavy atom. The summed E-state index contributed by atoms with van der Waals surface area (Å²) in [5.41, 5.74) is 0. The van der Waals surface area contributed by atoms with E-state index in [0.29, 0.717) is 0 Å². The van der Waals surface area contributed by atoms with Crippen LogP contribution in [-0.2, 0) is 6.54 Å². The van der Waals surface area contributed by atoms with Crippen LogP contribution in [0.3, 0.4) is 0 Å². The molecular weight excluding hydrogens is 250 g/mol. The number of hydrogen-bond acceptors (Lipinski definition) is 2. The molecule has 0 spiro atoms. The van der Waals surface area contributed by atoms with Gasteiger partial charge in [-0.25, -0.2) is 0 Å². The van der Waals surface area contributed by atoms with Gasteiger partial charge in [0.15, 0.2) is 0 Å². The first-order valence-electron chi connectivity index (χ1n) is 6.72. The average molecular weight is 272 g/mol. The SMILES string of the molecule is CCC1CCC(CNCc2sccc2Cl)CC1. The molecule has 1 N–H and O–H groups in total. The van der Waals surface area contributed by atoms with Crippen molar-refractivity contribution in [1.82, 2.24) is 5.32 Å². The highest BCUT2D eigenvalue weighted by molar-refractivity contribution is 7.10. The van der Waals surface area contributed by atoms with Crippen LogP contribution in [0.4, 0.5) is 0 Å². The van der Waals surface area contributed by atoms with Gasteiger partial charge in [0.2, 0.25) is 0 Å². The number of hydrogen-bond donors (Lipinski definition) is 1. The Hall–Kier alpha value is -0.0500. The number of nitrogens with one attached hydrogen (secondary N) is 1. The van der Waals surface area contributed by atoms with Crippen molar-refractivity contribution in [2.75, 3.05) is 6.54 Å². The quantitative estimate of drug-likeness (QED) is 0.818. The van der Waals surface area contributed by atoms with Crippen LogP contribution in [0.1, 0.15) is 43.9 Å². The molecule has 0 radical (unpaired) electrons. The Kier molecular flexibility index (Phi) is 5.33. The van der Waals surface area contributed by atoms with Crippen LogP contribution in [0.25, 0.3) is 0 Å². The molecule has 0 aromatic carbocycles. The summed E-state index contributed by atoms with van der Waals surface area (Å²) in [4.78, 5) is 1.27. The summed E-state index contributed by atoms with van der Waals surface area (Å²) in [5, 5.41) is 6.53. The van der Waals surface area contributed by atoms with Crippen molar-refractivity contribution < 1.29 is 0 Å². The van der Waals surface area contributed by atoms with Crippen molar-refractivity contribution in [2.45, 2.75) is 45.6 Å². The zero-order valence-corrected chi connectivity index (χ0v) is 12.1. The van der Waals surface area contributed by atoms with Gasteiger partial charge in [-0.15, -0.1) is 11.3 Å². The van der Waals surface area contributed by atoms with E-state index in [1.165, 1.54) is 37.0 Å². The molecule has 1 saturated carbocycles. The van der Waals surface area contributed by atoms with Gasteiger partial charge in [-0.3, -0.25) is 0 Å². The lowest BCUT2D eigenvalue weighted by molar-refractivity contribution is 0.262. The zero-order valence-electron chi connectivity index (χ0n) is 10.5. The maximum atomic E-state index is 6.07. The molecule has 1 nitrogen and oxygen atoms in total. The molecule has 2 rings (SSSR count). The lowest BCUT2D eigenvalue weighted by Crippen LogP contribution is -2.26. The van der Waals surface area contributed by atoms with Crippen molar-refractivity contribution in [1.29, 1.82) is 0 Å². The average Bonchev–Trinajstić information content (AvgIpc) is 2.76. The van der Waals surface area contributed by atoms with Gasteiger partial charge in [0.25, 0.3) is 0 Å². The van der Waals surface area contributed by atoms with Crippen LogP contribution in [0.2, 0.25) is 5.02 Å². The fraction of sp³-hybridized carbons (Fsp3) is 0.714. The van der Waals surface area contributed by atoms with Gasteiger partial charge in [-0.2, -0.15) is 0 Å². The Bertz CT molecular complexity index is 329. The van der Waals surface area contributed by atoms with E-state index in [9.17, 15) is 0 Å². The van der Waals surface area contributed by atoms with Crippen LogP contribution in [0.5, 0.6) is 0 Å². The Morgan fingerprint density at radius 3 is 2.59 bits per heavy atom. The van der Waals surface area contributed by atoms with E-state index in [1.807, 2.05) is 6.07 Å². The van der Waals surface area contributed by atoms with Gasteiger partial charge in [-0.05, 0) is 42.7 Å². The smallest absolute Gasteiger partial charge is 0.0558 e. The monoisotopic (exact) mass is 271 g/mol. The van der Waals surface area contributed by atoms with E-state index < -0.39 is 0 Å². The third kappa shape index (κ3) is 3.97. The van der Waals surface area contributed by atoms with E-state index in [2.05, 4.69) is 17.6 Å². The Labute approximate surface area is 114 Å². The maximum absolute atomic E-state index is 6.07.